The third-order valence-corrected chi connectivity index (χ3v) is 3.01. The third-order valence-electron chi connectivity index (χ3n) is 3.01. The van der Waals surface area contributed by atoms with Gasteiger partial charge in [-0.05, 0) is 47.5 Å². The van der Waals surface area contributed by atoms with Gasteiger partial charge in [0.05, 0.1) is 0 Å². The molecule has 108 valence electrons. The van der Waals surface area contributed by atoms with E-state index in [1.165, 1.54) is 12.1 Å². The molecule has 2 rings (SSSR count). The maximum Gasteiger partial charge on any atom is 0.150 e. The quantitative estimate of drug-likeness (QED) is 0.606. The molecule has 0 fully saturated rings. The molecule has 0 N–H and O–H groups in total. The first kappa shape index (κ1) is 15.3. The van der Waals surface area contributed by atoms with Gasteiger partial charge in [-0.15, -0.1) is 0 Å². The van der Waals surface area contributed by atoms with Crippen LogP contribution in [0.15, 0.2) is 36.4 Å². The van der Waals surface area contributed by atoms with Crippen LogP contribution in [-0.4, -0.2) is 25.1 Å². The predicted molar refractivity (Wildman–Crippen MR) is 83.4 cm³/mol. The van der Waals surface area contributed by atoms with Crippen LogP contribution in [0.2, 0.25) is 0 Å². The van der Waals surface area contributed by atoms with Gasteiger partial charge >= 0.3 is 0 Å². The number of hydrogen-bond acceptors (Lipinski definition) is 4. The molecule has 0 radical (unpaired) electrons. The van der Waals surface area contributed by atoms with Gasteiger partial charge in [0.1, 0.15) is 25.1 Å². The zero-order valence-corrected chi connectivity index (χ0v) is 11.6. The second-order valence-electron chi connectivity index (χ2n) is 4.67. The van der Waals surface area contributed by atoms with Crippen molar-refractivity contribution in [2.45, 2.75) is 0 Å². The molecule has 0 aliphatic heterocycles. The Hall–Kier alpha value is -3.14. The van der Waals surface area contributed by atoms with Crippen molar-refractivity contribution in [2.24, 2.45) is 0 Å². The van der Waals surface area contributed by atoms with E-state index in [9.17, 15) is 19.2 Å². The van der Waals surface area contributed by atoms with Gasteiger partial charge in [0.15, 0.2) is 0 Å². The minimum Gasteiger partial charge on any atom is -0.298 e. The van der Waals surface area contributed by atoms with Crippen molar-refractivity contribution in [1.82, 2.24) is 0 Å². The first-order valence-electron chi connectivity index (χ1n) is 6.47. The van der Waals surface area contributed by atoms with Crippen LogP contribution >= 0.6 is 0 Å². The maximum atomic E-state index is 10.9. The van der Waals surface area contributed by atoms with E-state index in [0.29, 0.717) is 58.5 Å². The van der Waals surface area contributed by atoms with Crippen molar-refractivity contribution in [3.8, 4) is 0 Å². The van der Waals surface area contributed by atoms with Crippen molar-refractivity contribution in [3.05, 3.63) is 69.8 Å². The molecule has 0 spiro atoms. The highest BCUT2D eigenvalue weighted by Gasteiger charge is 2.00. The van der Waals surface area contributed by atoms with Gasteiger partial charge in [-0.1, -0.05) is 12.2 Å². The van der Waals surface area contributed by atoms with E-state index in [4.69, 9.17) is 0 Å². The number of benzene rings is 2. The van der Waals surface area contributed by atoms with Crippen LogP contribution in [0.1, 0.15) is 52.6 Å². The summed E-state index contributed by atoms with van der Waals surface area (Å²) in [4.78, 5) is 43.4. The fourth-order valence-corrected chi connectivity index (χ4v) is 2.06. The van der Waals surface area contributed by atoms with Crippen LogP contribution in [0.3, 0.4) is 0 Å². The minimum absolute atomic E-state index is 0.402. The van der Waals surface area contributed by atoms with Crippen LogP contribution in [-0.2, 0) is 0 Å². The van der Waals surface area contributed by atoms with Gasteiger partial charge in [-0.25, -0.2) is 0 Å². The van der Waals surface area contributed by atoms with Crippen molar-refractivity contribution in [1.29, 1.82) is 0 Å². The van der Waals surface area contributed by atoms with E-state index < -0.39 is 0 Å². The summed E-state index contributed by atoms with van der Waals surface area (Å²) < 4.78 is 0. The van der Waals surface area contributed by atoms with Crippen LogP contribution in [0, 0.1) is 0 Å². The highest BCUT2D eigenvalue weighted by atomic mass is 16.1. The van der Waals surface area contributed by atoms with Crippen LogP contribution in [0.25, 0.3) is 12.2 Å². The van der Waals surface area contributed by atoms with Gasteiger partial charge in [-0.2, -0.15) is 0 Å². The largest absolute Gasteiger partial charge is 0.298 e. The summed E-state index contributed by atoms with van der Waals surface area (Å²) >= 11 is 0. The Morgan fingerprint density at radius 1 is 0.409 bits per heavy atom. The van der Waals surface area contributed by atoms with Crippen LogP contribution in [0.4, 0.5) is 0 Å². The van der Waals surface area contributed by atoms with Gasteiger partial charge in [0, 0.05) is 22.3 Å². The SMILES string of the molecule is O=Cc1cc(C=O)cc(/C=C/c2cc(C=O)cc(C=O)c2)c1. The van der Waals surface area contributed by atoms with E-state index in [2.05, 4.69) is 0 Å². The lowest BCUT2D eigenvalue weighted by Gasteiger charge is -2.00. The van der Waals surface area contributed by atoms with E-state index in [1.54, 1.807) is 36.4 Å². The van der Waals surface area contributed by atoms with E-state index >= 15 is 0 Å². The molecule has 2 aromatic rings. The Bertz CT molecular complexity index is 655. The average Bonchev–Trinajstić information content (AvgIpc) is 2.59. The maximum absolute atomic E-state index is 10.9. The standard InChI is InChI=1S/C18H12O4/c19-9-15-3-13(4-16(7-15)10-20)1-2-14-5-17(11-21)8-18(6-14)12-22/h1-12H/b2-1+. The van der Waals surface area contributed by atoms with Crippen molar-refractivity contribution >= 4 is 37.3 Å². The molecule has 0 saturated carbocycles. The molecule has 0 saturated heterocycles. The lowest BCUT2D eigenvalue weighted by atomic mass is 10.0. The third kappa shape index (κ3) is 3.70. The van der Waals surface area contributed by atoms with Gasteiger partial charge in [0.2, 0.25) is 0 Å². The molecule has 4 heteroatoms. The topological polar surface area (TPSA) is 68.3 Å². The molecular formula is C18H12O4. The molecule has 0 atom stereocenters. The van der Waals surface area contributed by atoms with E-state index in [-0.39, 0.29) is 0 Å². The lowest BCUT2D eigenvalue weighted by Crippen LogP contribution is -1.89. The Morgan fingerprint density at radius 2 is 0.636 bits per heavy atom. The van der Waals surface area contributed by atoms with E-state index in [1.807, 2.05) is 0 Å². The molecule has 0 aliphatic rings. The summed E-state index contributed by atoms with van der Waals surface area (Å²) in [7, 11) is 0. The predicted octanol–water partition coefficient (Wildman–Crippen LogP) is 3.11. The number of hydrogen-bond donors (Lipinski definition) is 0. The highest BCUT2D eigenvalue weighted by molar-refractivity contribution is 5.87. The molecule has 2 aromatic carbocycles. The van der Waals surface area contributed by atoms with Gasteiger partial charge < -0.3 is 0 Å². The summed E-state index contributed by atoms with van der Waals surface area (Å²) in [6.45, 7) is 0. The first-order chi connectivity index (χ1) is 10.7. The summed E-state index contributed by atoms with van der Waals surface area (Å²) in [6, 6.07) is 9.55. The average molecular weight is 292 g/mol. The molecule has 0 unspecified atom stereocenters. The second-order valence-corrected chi connectivity index (χ2v) is 4.67. The van der Waals surface area contributed by atoms with Crippen LogP contribution in [0.5, 0.6) is 0 Å². The number of carbonyl (C=O) groups excluding carboxylic acids is 4. The fraction of sp³-hybridized carbons (Fsp3) is 0. The molecule has 0 aromatic heterocycles. The van der Waals surface area contributed by atoms with Gasteiger partial charge in [0.25, 0.3) is 0 Å². The molecule has 0 amide bonds. The molecule has 4 nitrogen and oxygen atoms in total. The van der Waals surface area contributed by atoms with Crippen molar-refractivity contribution < 1.29 is 19.2 Å². The Morgan fingerprint density at radius 3 is 0.864 bits per heavy atom. The lowest BCUT2D eigenvalue weighted by molar-refractivity contribution is 0.111. The summed E-state index contributed by atoms with van der Waals surface area (Å²) in [6.07, 6.45) is 6.09. The molecule has 0 aliphatic carbocycles. The first-order valence-corrected chi connectivity index (χ1v) is 6.47. The normalized spacial score (nSPS) is 10.4. The Balaban J connectivity index is 2.39. The van der Waals surface area contributed by atoms with Crippen molar-refractivity contribution in [3.63, 3.8) is 0 Å². The molecule has 0 bridgehead atoms. The zero-order valence-electron chi connectivity index (χ0n) is 11.6. The van der Waals surface area contributed by atoms with E-state index in [0.717, 1.165) is 0 Å². The number of carbonyl (C=O) groups is 4. The molecule has 22 heavy (non-hydrogen) atoms. The second kappa shape index (κ2) is 7.04. The zero-order chi connectivity index (χ0) is 15.9. The minimum atomic E-state index is 0.402. The summed E-state index contributed by atoms with van der Waals surface area (Å²) in [5, 5.41) is 0. The summed E-state index contributed by atoms with van der Waals surface area (Å²) in [5.41, 5.74) is 2.96. The smallest absolute Gasteiger partial charge is 0.150 e. The number of aldehydes is 4. The fourth-order valence-electron chi connectivity index (χ4n) is 2.06. The Labute approximate surface area is 127 Å². The molecule has 0 heterocycles. The van der Waals surface area contributed by atoms with Crippen molar-refractivity contribution in [2.75, 3.05) is 0 Å². The highest BCUT2D eigenvalue weighted by Crippen LogP contribution is 2.14. The number of rotatable bonds is 6. The summed E-state index contributed by atoms with van der Waals surface area (Å²) in [5.74, 6) is 0. The monoisotopic (exact) mass is 292 g/mol. The van der Waals surface area contributed by atoms with Crippen LogP contribution < -0.4 is 0 Å². The molecular weight excluding hydrogens is 280 g/mol. The Kier molecular flexibility index (Phi) is 4.88. The van der Waals surface area contributed by atoms with Gasteiger partial charge in [-0.3, -0.25) is 19.2 Å².